The summed E-state index contributed by atoms with van der Waals surface area (Å²) in [5.74, 6) is 0.540. The lowest BCUT2D eigenvalue weighted by Crippen LogP contribution is -2.39. The standard InChI is InChI=1S/C19H17Cl2N3O2/c20-12-7-8-14(13(21)10-12)23-19(25)16-5-3-9-24(16)11-18-22-15-4-1-2-6-17(15)26-18/h1-2,4,6-8,10,16H,3,5,9,11H2,(H,23,25)/t16-/m1/s1. The molecular formula is C19H17Cl2N3O2. The first-order chi connectivity index (χ1) is 12.6. The monoisotopic (exact) mass is 389 g/mol. The zero-order chi connectivity index (χ0) is 18.1. The quantitative estimate of drug-likeness (QED) is 0.699. The van der Waals surface area contributed by atoms with Gasteiger partial charge in [-0.25, -0.2) is 4.98 Å². The van der Waals surface area contributed by atoms with Crippen molar-refractivity contribution in [3.8, 4) is 0 Å². The average Bonchev–Trinajstić information content (AvgIpc) is 3.23. The molecule has 0 saturated carbocycles. The third-order valence-corrected chi connectivity index (χ3v) is 5.08. The first kappa shape index (κ1) is 17.3. The van der Waals surface area contributed by atoms with Crippen molar-refractivity contribution in [2.45, 2.75) is 25.4 Å². The normalized spacial score (nSPS) is 17.7. The van der Waals surface area contributed by atoms with E-state index in [0.29, 0.717) is 28.2 Å². The number of anilines is 1. The van der Waals surface area contributed by atoms with E-state index in [-0.39, 0.29) is 11.9 Å². The highest BCUT2D eigenvalue weighted by atomic mass is 35.5. The van der Waals surface area contributed by atoms with Crippen LogP contribution >= 0.6 is 23.2 Å². The number of nitrogens with one attached hydrogen (secondary N) is 1. The number of hydrogen-bond donors (Lipinski definition) is 1. The van der Waals surface area contributed by atoms with E-state index in [1.807, 2.05) is 24.3 Å². The van der Waals surface area contributed by atoms with Crippen molar-refractivity contribution in [1.29, 1.82) is 0 Å². The highest BCUT2D eigenvalue weighted by Gasteiger charge is 2.32. The number of fused-ring (bicyclic) bond motifs is 1. The Morgan fingerprint density at radius 2 is 2.12 bits per heavy atom. The molecule has 1 aliphatic heterocycles. The van der Waals surface area contributed by atoms with E-state index in [1.54, 1.807) is 18.2 Å². The maximum Gasteiger partial charge on any atom is 0.241 e. The molecular weight excluding hydrogens is 373 g/mol. The molecule has 0 bridgehead atoms. The number of aromatic nitrogens is 1. The molecule has 4 rings (SSSR count). The number of benzene rings is 2. The van der Waals surface area contributed by atoms with Gasteiger partial charge in [0, 0.05) is 5.02 Å². The number of halogens is 2. The molecule has 3 aromatic rings. The summed E-state index contributed by atoms with van der Waals surface area (Å²) < 4.78 is 5.79. The number of hydrogen-bond acceptors (Lipinski definition) is 4. The van der Waals surface area contributed by atoms with E-state index in [2.05, 4.69) is 15.2 Å². The van der Waals surface area contributed by atoms with Crippen LogP contribution < -0.4 is 5.32 Å². The van der Waals surface area contributed by atoms with Crippen LogP contribution in [0.3, 0.4) is 0 Å². The summed E-state index contributed by atoms with van der Waals surface area (Å²) in [6, 6.07) is 12.4. The van der Waals surface area contributed by atoms with Gasteiger partial charge in [-0.1, -0.05) is 35.3 Å². The first-order valence-electron chi connectivity index (χ1n) is 8.44. The SMILES string of the molecule is O=C(Nc1ccc(Cl)cc1Cl)[C@H]1CCCN1Cc1nc2ccccc2o1. The van der Waals surface area contributed by atoms with Gasteiger partial charge in [0.05, 0.1) is 23.3 Å². The molecule has 0 unspecified atom stereocenters. The molecule has 0 aliphatic carbocycles. The molecule has 5 nitrogen and oxygen atoms in total. The van der Waals surface area contributed by atoms with Gasteiger partial charge in [0.2, 0.25) is 11.8 Å². The van der Waals surface area contributed by atoms with E-state index in [4.69, 9.17) is 27.6 Å². The number of amides is 1. The number of nitrogens with zero attached hydrogens (tertiary/aromatic N) is 2. The van der Waals surface area contributed by atoms with E-state index in [1.165, 1.54) is 0 Å². The second-order valence-electron chi connectivity index (χ2n) is 6.32. The van der Waals surface area contributed by atoms with Crippen molar-refractivity contribution >= 4 is 45.9 Å². The smallest absolute Gasteiger partial charge is 0.241 e. The Morgan fingerprint density at radius 3 is 2.92 bits per heavy atom. The molecule has 26 heavy (non-hydrogen) atoms. The van der Waals surface area contributed by atoms with E-state index in [9.17, 15) is 4.79 Å². The van der Waals surface area contributed by atoms with E-state index in [0.717, 1.165) is 30.5 Å². The molecule has 7 heteroatoms. The fourth-order valence-corrected chi connectivity index (χ4v) is 3.74. The zero-order valence-corrected chi connectivity index (χ0v) is 15.4. The maximum atomic E-state index is 12.7. The molecule has 1 fully saturated rings. The summed E-state index contributed by atoms with van der Waals surface area (Å²) in [5.41, 5.74) is 2.15. The third kappa shape index (κ3) is 3.56. The summed E-state index contributed by atoms with van der Waals surface area (Å²) >= 11 is 12.1. The average molecular weight is 390 g/mol. The zero-order valence-electron chi connectivity index (χ0n) is 13.9. The molecule has 1 aliphatic rings. The van der Waals surface area contributed by atoms with Crippen LogP contribution in [0.1, 0.15) is 18.7 Å². The largest absolute Gasteiger partial charge is 0.439 e. The minimum Gasteiger partial charge on any atom is -0.439 e. The first-order valence-corrected chi connectivity index (χ1v) is 9.20. The van der Waals surface area contributed by atoms with Crippen LogP contribution in [-0.4, -0.2) is 28.4 Å². The Kier molecular flexibility index (Phi) is 4.85. The second-order valence-corrected chi connectivity index (χ2v) is 7.16. The van der Waals surface area contributed by atoms with E-state index >= 15 is 0 Å². The van der Waals surface area contributed by atoms with Crippen molar-refractivity contribution in [3.05, 3.63) is 58.4 Å². The van der Waals surface area contributed by atoms with E-state index < -0.39 is 0 Å². The summed E-state index contributed by atoms with van der Waals surface area (Å²) in [5, 5.41) is 3.86. The predicted molar refractivity (Wildman–Crippen MR) is 103 cm³/mol. The van der Waals surface area contributed by atoms with Crippen molar-refractivity contribution in [2.75, 3.05) is 11.9 Å². The molecule has 0 radical (unpaired) electrons. The summed E-state index contributed by atoms with van der Waals surface area (Å²) in [6.07, 6.45) is 1.74. The molecule has 0 spiro atoms. The van der Waals surface area contributed by atoms with Crippen LogP contribution in [0.25, 0.3) is 11.1 Å². The predicted octanol–water partition coefficient (Wildman–Crippen LogP) is 4.74. The molecule has 1 N–H and O–H groups in total. The topological polar surface area (TPSA) is 58.4 Å². The van der Waals surface area contributed by atoms with Crippen LogP contribution in [0.4, 0.5) is 5.69 Å². The highest BCUT2D eigenvalue weighted by Crippen LogP contribution is 2.27. The highest BCUT2D eigenvalue weighted by molar-refractivity contribution is 6.36. The third-order valence-electron chi connectivity index (χ3n) is 4.53. The van der Waals surface area contributed by atoms with Crippen LogP contribution in [0.5, 0.6) is 0 Å². The van der Waals surface area contributed by atoms with Gasteiger partial charge in [0.1, 0.15) is 5.52 Å². The Morgan fingerprint density at radius 1 is 1.27 bits per heavy atom. The molecule has 1 saturated heterocycles. The minimum atomic E-state index is -0.239. The van der Waals surface area contributed by atoms with Gasteiger partial charge >= 0.3 is 0 Å². The number of carbonyl (C=O) groups is 1. The van der Waals surface area contributed by atoms with Gasteiger partial charge in [0.15, 0.2) is 5.58 Å². The number of carbonyl (C=O) groups excluding carboxylic acids is 1. The van der Waals surface area contributed by atoms with Gasteiger partial charge in [-0.2, -0.15) is 0 Å². The van der Waals surface area contributed by atoms with Gasteiger partial charge in [-0.3, -0.25) is 9.69 Å². The Hall–Kier alpha value is -2.08. The maximum absolute atomic E-state index is 12.7. The molecule has 1 aromatic heterocycles. The lowest BCUT2D eigenvalue weighted by molar-refractivity contribution is -0.120. The second kappa shape index (κ2) is 7.27. The van der Waals surface area contributed by atoms with Crippen molar-refractivity contribution < 1.29 is 9.21 Å². The van der Waals surface area contributed by atoms with Crippen molar-refractivity contribution in [1.82, 2.24) is 9.88 Å². The lowest BCUT2D eigenvalue weighted by Gasteiger charge is -2.22. The summed E-state index contributed by atoms with van der Waals surface area (Å²) in [7, 11) is 0. The lowest BCUT2D eigenvalue weighted by atomic mass is 10.2. The fourth-order valence-electron chi connectivity index (χ4n) is 3.28. The minimum absolute atomic E-state index is 0.0807. The Labute approximate surface area is 160 Å². The summed E-state index contributed by atoms with van der Waals surface area (Å²) in [6.45, 7) is 1.33. The Balaban J connectivity index is 1.47. The molecule has 2 aromatic carbocycles. The molecule has 2 heterocycles. The number of likely N-dealkylation sites (tertiary alicyclic amines) is 1. The number of rotatable bonds is 4. The van der Waals surface area contributed by atoms with Gasteiger partial charge in [0.25, 0.3) is 0 Å². The Bertz CT molecular complexity index is 924. The van der Waals surface area contributed by atoms with Gasteiger partial charge in [-0.15, -0.1) is 0 Å². The molecule has 1 atom stereocenters. The van der Waals surface area contributed by atoms with Crippen molar-refractivity contribution in [3.63, 3.8) is 0 Å². The van der Waals surface area contributed by atoms with Crippen LogP contribution in [0, 0.1) is 0 Å². The van der Waals surface area contributed by atoms with Crippen LogP contribution in [-0.2, 0) is 11.3 Å². The number of oxazole rings is 1. The molecule has 134 valence electrons. The van der Waals surface area contributed by atoms with Gasteiger partial charge in [-0.05, 0) is 49.7 Å². The fraction of sp³-hybridized carbons (Fsp3) is 0.263. The summed E-state index contributed by atoms with van der Waals surface area (Å²) in [4.78, 5) is 19.3. The molecule has 1 amide bonds. The number of para-hydroxylation sites is 2. The van der Waals surface area contributed by atoms with Crippen molar-refractivity contribution in [2.24, 2.45) is 0 Å². The van der Waals surface area contributed by atoms with Gasteiger partial charge < -0.3 is 9.73 Å². The van der Waals surface area contributed by atoms with Crippen LogP contribution in [0.15, 0.2) is 46.9 Å². The van der Waals surface area contributed by atoms with Crippen LogP contribution in [0.2, 0.25) is 10.0 Å².